The van der Waals surface area contributed by atoms with E-state index in [2.05, 4.69) is 16.0 Å². The zero-order chi connectivity index (χ0) is 19.1. The molecule has 3 amide bonds. The summed E-state index contributed by atoms with van der Waals surface area (Å²) in [6.07, 6.45) is 0.783. The Balaban J connectivity index is 4.00. The van der Waals surface area contributed by atoms with Crippen LogP contribution in [0.5, 0.6) is 0 Å². The average molecular weight is 358 g/mol. The lowest BCUT2D eigenvalue weighted by Crippen LogP contribution is -2.40. The van der Waals surface area contributed by atoms with Crippen molar-refractivity contribution in [2.24, 2.45) is 0 Å². The summed E-state index contributed by atoms with van der Waals surface area (Å²) in [5, 5.41) is 8.03. The predicted molar refractivity (Wildman–Crippen MR) is 92.7 cm³/mol. The van der Waals surface area contributed by atoms with Gasteiger partial charge in [-0.3, -0.25) is 24.1 Å². The first-order chi connectivity index (χ1) is 11.8. The normalized spacial score (nSPS) is 10.2. The van der Waals surface area contributed by atoms with Gasteiger partial charge in [0.1, 0.15) is 6.61 Å². The average Bonchev–Trinajstić information content (AvgIpc) is 2.50. The molecule has 0 atom stereocenters. The van der Waals surface area contributed by atoms with Crippen molar-refractivity contribution in [2.75, 3.05) is 45.9 Å². The smallest absolute Gasteiger partial charge is 0.305 e. The first-order valence-electron chi connectivity index (χ1n) is 8.42. The van der Waals surface area contributed by atoms with Crippen LogP contribution in [0, 0.1) is 0 Å². The molecule has 144 valence electrons. The van der Waals surface area contributed by atoms with E-state index in [9.17, 15) is 19.2 Å². The Morgan fingerprint density at radius 3 is 1.72 bits per heavy atom. The van der Waals surface area contributed by atoms with Crippen molar-refractivity contribution < 1.29 is 23.9 Å². The van der Waals surface area contributed by atoms with Crippen LogP contribution in [0.1, 0.15) is 33.6 Å². The fourth-order valence-corrected chi connectivity index (χ4v) is 1.97. The second kappa shape index (κ2) is 14.2. The van der Waals surface area contributed by atoms with E-state index in [1.165, 1.54) is 20.8 Å². The number of carbonyl (C=O) groups is 4. The van der Waals surface area contributed by atoms with Crippen molar-refractivity contribution in [3.05, 3.63) is 0 Å². The highest BCUT2D eigenvalue weighted by atomic mass is 16.5. The summed E-state index contributed by atoms with van der Waals surface area (Å²) in [4.78, 5) is 46.1. The van der Waals surface area contributed by atoms with Crippen LogP contribution in [0.2, 0.25) is 0 Å². The highest BCUT2D eigenvalue weighted by molar-refractivity contribution is 5.73. The number of hydrogen-bond donors (Lipinski definition) is 3. The van der Waals surface area contributed by atoms with Crippen LogP contribution in [0.4, 0.5) is 0 Å². The maximum absolute atomic E-state index is 11.6. The third-order valence-corrected chi connectivity index (χ3v) is 3.21. The molecule has 0 fully saturated rings. The van der Waals surface area contributed by atoms with Gasteiger partial charge in [-0.2, -0.15) is 0 Å². The molecule has 3 N–H and O–H groups in total. The van der Waals surface area contributed by atoms with Crippen LogP contribution >= 0.6 is 0 Å². The van der Waals surface area contributed by atoms with E-state index in [1.54, 1.807) is 0 Å². The maximum Gasteiger partial charge on any atom is 0.305 e. The quantitative estimate of drug-likeness (QED) is 0.288. The molecule has 0 rings (SSSR count). The van der Waals surface area contributed by atoms with E-state index >= 15 is 0 Å². The van der Waals surface area contributed by atoms with E-state index in [-0.39, 0.29) is 36.7 Å². The van der Waals surface area contributed by atoms with Gasteiger partial charge in [0.15, 0.2) is 0 Å². The Morgan fingerprint density at radius 1 is 0.760 bits per heavy atom. The molecule has 0 spiro atoms. The molecule has 0 aromatic carbocycles. The zero-order valence-electron chi connectivity index (χ0n) is 15.4. The number of rotatable bonds is 13. The maximum atomic E-state index is 11.6. The van der Waals surface area contributed by atoms with Crippen molar-refractivity contribution in [1.82, 2.24) is 20.9 Å². The Morgan fingerprint density at radius 2 is 1.24 bits per heavy atom. The van der Waals surface area contributed by atoms with Crippen LogP contribution in [-0.2, 0) is 23.9 Å². The monoisotopic (exact) mass is 358 g/mol. The van der Waals surface area contributed by atoms with Crippen molar-refractivity contribution in [1.29, 1.82) is 0 Å². The van der Waals surface area contributed by atoms with E-state index in [0.717, 1.165) is 0 Å². The minimum Gasteiger partial charge on any atom is -0.464 e. The van der Waals surface area contributed by atoms with Crippen LogP contribution in [0.25, 0.3) is 0 Å². The molecular formula is C16H30N4O5. The number of ether oxygens (including phenoxy) is 1. The first kappa shape index (κ1) is 22.8. The number of amides is 3. The highest BCUT2D eigenvalue weighted by Gasteiger charge is 2.08. The summed E-state index contributed by atoms with van der Waals surface area (Å²) < 4.78 is 5.17. The molecule has 0 radical (unpaired) electrons. The van der Waals surface area contributed by atoms with Crippen molar-refractivity contribution in [2.45, 2.75) is 33.6 Å². The lowest BCUT2D eigenvalue weighted by molar-refractivity contribution is -0.144. The topological polar surface area (TPSA) is 117 Å². The number of carbonyl (C=O) groups excluding carboxylic acids is 4. The third-order valence-electron chi connectivity index (χ3n) is 3.21. The van der Waals surface area contributed by atoms with Gasteiger partial charge < -0.3 is 20.7 Å². The van der Waals surface area contributed by atoms with Gasteiger partial charge in [-0.15, -0.1) is 0 Å². The molecule has 0 aromatic heterocycles. The van der Waals surface area contributed by atoms with Gasteiger partial charge in [0.2, 0.25) is 17.7 Å². The largest absolute Gasteiger partial charge is 0.464 e. The molecule has 0 saturated carbocycles. The summed E-state index contributed by atoms with van der Waals surface area (Å²) in [7, 11) is 0. The lowest BCUT2D eigenvalue weighted by Gasteiger charge is -2.22. The molecule has 0 aliphatic heterocycles. The molecule has 0 aromatic rings. The number of nitrogens with zero attached hydrogens (tertiary/aromatic N) is 1. The fourth-order valence-electron chi connectivity index (χ4n) is 1.97. The van der Waals surface area contributed by atoms with Crippen molar-refractivity contribution in [3.8, 4) is 0 Å². The number of nitrogens with one attached hydrogen (secondary N) is 3. The van der Waals surface area contributed by atoms with Crippen LogP contribution in [-0.4, -0.2) is 74.5 Å². The van der Waals surface area contributed by atoms with Gasteiger partial charge in [0, 0.05) is 66.5 Å². The van der Waals surface area contributed by atoms with Gasteiger partial charge >= 0.3 is 5.97 Å². The van der Waals surface area contributed by atoms with E-state index < -0.39 is 0 Å². The lowest BCUT2D eigenvalue weighted by atomic mass is 10.3. The summed E-state index contributed by atoms with van der Waals surface area (Å²) in [5.41, 5.74) is 0. The predicted octanol–water partition coefficient (Wildman–Crippen LogP) is -0.980. The molecule has 0 heterocycles. The van der Waals surface area contributed by atoms with Gasteiger partial charge in [0.05, 0.1) is 0 Å². The summed E-state index contributed by atoms with van der Waals surface area (Å²) >= 11 is 0. The van der Waals surface area contributed by atoms with Gasteiger partial charge in [-0.05, 0) is 6.42 Å². The molecule has 0 bridgehead atoms. The first-order valence-corrected chi connectivity index (χ1v) is 8.42. The molecule has 0 unspecified atom stereocenters. The Bertz CT molecular complexity index is 422. The molecular weight excluding hydrogens is 328 g/mol. The summed E-state index contributed by atoms with van der Waals surface area (Å²) in [6, 6.07) is 0. The zero-order valence-corrected chi connectivity index (χ0v) is 15.4. The Labute approximate surface area is 148 Å². The fraction of sp³-hybridized carbons (Fsp3) is 0.750. The van der Waals surface area contributed by atoms with Crippen molar-refractivity contribution >= 4 is 23.7 Å². The third kappa shape index (κ3) is 16.5. The Kier molecular flexibility index (Phi) is 13.0. The summed E-state index contributed by atoms with van der Waals surface area (Å²) in [5.74, 6) is -0.642. The van der Waals surface area contributed by atoms with Crippen LogP contribution in [0.15, 0.2) is 0 Å². The van der Waals surface area contributed by atoms with E-state index in [4.69, 9.17) is 4.74 Å². The second-order valence-corrected chi connectivity index (χ2v) is 5.61. The van der Waals surface area contributed by atoms with Crippen LogP contribution in [0.3, 0.4) is 0 Å². The summed E-state index contributed by atoms with van der Waals surface area (Å²) in [6.45, 7) is 7.68. The Hall–Kier alpha value is -2.16. The van der Waals surface area contributed by atoms with E-state index in [1.807, 2.05) is 4.90 Å². The van der Waals surface area contributed by atoms with Gasteiger partial charge in [0.25, 0.3) is 0 Å². The minimum atomic E-state index is -0.311. The van der Waals surface area contributed by atoms with Gasteiger partial charge in [-0.25, -0.2) is 0 Å². The van der Waals surface area contributed by atoms with E-state index in [0.29, 0.717) is 45.7 Å². The molecule has 0 aliphatic carbocycles. The molecule has 25 heavy (non-hydrogen) atoms. The van der Waals surface area contributed by atoms with Gasteiger partial charge in [-0.1, -0.05) is 0 Å². The number of hydrogen-bond acceptors (Lipinski definition) is 6. The minimum absolute atomic E-state index is 0.104. The van der Waals surface area contributed by atoms with Crippen molar-refractivity contribution in [3.63, 3.8) is 0 Å². The number of esters is 1. The SMILES string of the molecule is CC(=O)NCCCC(=O)OCCN(CCNC(C)=O)CCNC(C)=O. The standard InChI is InChI=1S/C16H30N4O5/c1-13(21)17-6-4-5-16(24)25-12-11-20(9-7-18-14(2)22)10-8-19-15(3)23/h4-12H2,1-3H3,(H,17,21)(H,18,22)(H,19,23). The second-order valence-electron chi connectivity index (χ2n) is 5.61. The highest BCUT2D eigenvalue weighted by Crippen LogP contribution is 1.94. The molecule has 9 heteroatoms. The van der Waals surface area contributed by atoms with Crippen LogP contribution < -0.4 is 16.0 Å². The molecule has 9 nitrogen and oxygen atoms in total. The molecule has 0 saturated heterocycles. The molecule has 0 aliphatic rings.